The summed E-state index contributed by atoms with van der Waals surface area (Å²) in [5.41, 5.74) is 3.33. The van der Waals surface area contributed by atoms with E-state index < -0.39 is 16.8 Å². The second-order valence-corrected chi connectivity index (χ2v) is 7.63. The van der Waals surface area contributed by atoms with Gasteiger partial charge in [-0.3, -0.25) is 19.7 Å². The Morgan fingerprint density at radius 1 is 1.26 bits per heavy atom. The number of carbonyl (C=O) groups excluding carboxylic acids is 2. The van der Waals surface area contributed by atoms with Gasteiger partial charge in [-0.25, -0.2) is 0 Å². The molecule has 0 saturated carbocycles. The second-order valence-electron chi connectivity index (χ2n) is 7.63. The number of benzene rings is 2. The lowest BCUT2D eigenvalue weighted by molar-refractivity contribution is -0.385. The number of fused-ring (bicyclic) bond motifs is 3. The zero-order valence-corrected chi connectivity index (χ0v) is 17.4. The average molecular weight is 421 g/mol. The fourth-order valence-electron chi connectivity index (χ4n) is 4.18. The SMILES string of the molecule is CCOC(=O)C1CN(C(=O)c2ccc(C)c([N+](=O)[O-])c2)CCc2c1[nH]c1ccccc21. The molecule has 0 aliphatic carbocycles. The molecule has 8 nitrogen and oxygen atoms in total. The molecule has 3 aromatic rings. The van der Waals surface area contributed by atoms with Crippen LogP contribution in [0.5, 0.6) is 0 Å². The minimum atomic E-state index is -0.658. The quantitative estimate of drug-likeness (QED) is 0.393. The summed E-state index contributed by atoms with van der Waals surface area (Å²) in [4.78, 5) is 41.8. The van der Waals surface area contributed by atoms with Crippen LogP contribution in [-0.2, 0) is 16.0 Å². The Balaban J connectivity index is 1.71. The molecule has 8 heteroatoms. The van der Waals surface area contributed by atoms with E-state index in [2.05, 4.69) is 4.98 Å². The van der Waals surface area contributed by atoms with Crippen LogP contribution in [0.25, 0.3) is 10.9 Å². The maximum atomic E-state index is 13.2. The van der Waals surface area contributed by atoms with Gasteiger partial charge in [0.15, 0.2) is 0 Å². The van der Waals surface area contributed by atoms with Crippen molar-refractivity contribution in [3.05, 3.63) is 75.0 Å². The second kappa shape index (κ2) is 8.22. The third-order valence-electron chi connectivity index (χ3n) is 5.74. The molecular weight excluding hydrogens is 398 g/mol. The first-order valence-corrected chi connectivity index (χ1v) is 10.2. The van der Waals surface area contributed by atoms with E-state index in [4.69, 9.17) is 4.74 Å². The van der Waals surface area contributed by atoms with E-state index in [9.17, 15) is 19.7 Å². The summed E-state index contributed by atoms with van der Waals surface area (Å²) < 4.78 is 5.30. The highest BCUT2D eigenvalue weighted by molar-refractivity contribution is 5.96. The smallest absolute Gasteiger partial charge is 0.316 e. The number of hydrogen-bond acceptors (Lipinski definition) is 5. The summed E-state index contributed by atoms with van der Waals surface area (Å²) in [6.45, 7) is 4.15. The predicted octanol–water partition coefficient (Wildman–Crippen LogP) is 3.73. The van der Waals surface area contributed by atoms with Crippen LogP contribution in [0.15, 0.2) is 42.5 Å². The number of nitrogens with zero attached hydrogens (tertiary/aromatic N) is 2. The van der Waals surface area contributed by atoms with Gasteiger partial charge in [0.05, 0.1) is 11.5 Å². The standard InChI is InChI=1S/C23H23N3O5/c1-3-31-23(28)18-13-25(22(27)15-9-8-14(2)20(12-15)26(29)30)11-10-17-16-6-4-5-7-19(16)24-21(17)18/h4-9,12,18,24H,3,10-11,13H2,1-2H3. The monoisotopic (exact) mass is 421 g/mol. The highest BCUT2D eigenvalue weighted by Gasteiger charge is 2.34. The molecule has 0 spiro atoms. The Morgan fingerprint density at radius 3 is 2.77 bits per heavy atom. The Morgan fingerprint density at radius 2 is 2.03 bits per heavy atom. The zero-order chi connectivity index (χ0) is 22.1. The molecule has 1 aliphatic heterocycles. The van der Waals surface area contributed by atoms with E-state index >= 15 is 0 Å². The Hall–Kier alpha value is -3.68. The van der Waals surface area contributed by atoms with Gasteiger partial charge in [-0.2, -0.15) is 0 Å². The average Bonchev–Trinajstić information content (AvgIpc) is 3.01. The topological polar surface area (TPSA) is 106 Å². The molecule has 0 radical (unpaired) electrons. The van der Waals surface area contributed by atoms with E-state index in [1.807, 2.05) is 24.3 Å². The Kier molecular flexibility index (Phi) is 5.46. The van der Waals surface area contributed by atoms with Crippen LogP contribution >= 0.6 is 0 Å². The molecule has 0 fully saturated rings. The van der Waals surface area contributed by atoms with Gasteiger partial charge < -0.3 is 14.6 Å². The van der Waals surface area contributed by atoms with E-state index in [1.54, 1.807) is 30.9 Å². The summed E-state index contributed by atoms with van der Waals surface area (Å²) >= 11 is 0. The third kappa shape index (κ3) is 3.76. The van der Waals surface area contributed by atoms with Gasteiger partial charge in [0.2, 0.25) is 0 Å². The molecule has 4 rings (SSSR count). The van der Waals surface area contributed by atoms with E-state index in [0.717, 1.165) is 22.2 Å². The highest BCUT2D eigenvalue weighted by Crippen LogP contribution is 2.33. The largest absolute Gasteiger partial charge is 0.465 e. The number of nitro benzene ring substituents is 1. The van der Waals surface area contributed by atoms with Crippen molar-refractivity contribution in [2.45, 2.75) is 26.2 Å². The fourth-order valence-corrected chi connectivity index (χ4v) is 4.18. The van der Waals surface area contributed by atoms with Crippen LogP contribution in [0.2, 0.25) is 0 Å². The van der Waals surface area contributed by atoms with Gasteiger partial charge in [0.25, 0.3) is 11.6 Å². The molecule has 2 heterocycles. The van der Waals surface area contributed by atoms with Gasteiger partial charge in [-0.1, -0.05) is 24.3 Å². The lowest BCUT2D eigenvalue weighted by Gasteiger charge is -2.24. The number of aromatic nitrogens is 1. The van der Waals surface area contributed by atoms with Crippen LogP contribution in [0.3, 0.4) is 0 Å². The number of ether oxygens (including phenoxy) is 1. The molecule has 0 bridgehead atoms. The van der Waals surface area contributed by atoms with Crippen LogP contribution in [-0.4, -0.2) is 46.4 Å². The number of aryl methyl sites for hydroxylation is 1. The van der Waals surface area contributed by atoms with Crippen LogP contribution in [0.4, 0.5) is 5.69 Å². The molecule has 160 valence electrons. The van der Waals surface area contributed by atoms with E-state index in [-0.39, 0.29) is 30.3 Å². The van der Waals surface area contributed by atoms with Crippen molar-refractivity contribution in [3.8, 4) is 0 Å². The van der Waals surface area contributed by atoms with Gasteiger partial charge in [0, 0.05) is 46.9 Å². The molecule has 1 aromatic heterocycles. The van der Waals surface area contributed by atoms with Gasteiger partial charge in [-0.15, -0.1) is 0 Å². The number of para-hydroxylation sites is 1. The first-order chi connectivity index (χ1) is 14.9. The first kappa shape index (κ1) is 20.6. The van der Waals surface area contributed by atoms with Crippen molar-refractivity contribution in [1.29, 1.82) is 0 Å². The molecular formula is C23H23N3O5. The summed E-state index contributed by atoms with van der Waals surface area (Å²) in [6.07, 6.45) is 0.564. The molecule has 31 heavy (non-hydrogen) atoms. The van der Waals surface area contributed by atoms with Crippen LogP contribution in [0.1, 0.15) is 40.0 Å². The number of carbonyl (C=O) groups is 2. The van der Waals surface area contributed by atoms with Crippen molar-refractivity contribution >= 4 is 28.5 Å². The minimum absolute atomic E-state index is 0.0983. The lowest BCUT2D eigenvalue weighted by atomic mass is 10.00. The minimum Gasteiger partial charge on any atom is -0.465 e. The van der Waals surface area contributed by atoms with Crippen molar-refractivity contribution in [3.63, 3.8) is 0 Å². The van der Waals surface area contributed by atoms with Crippen molar-refractivity contribution in [1.82, 2.24) is 9.88 Å². The van der Waals surface area contributed by atoms with Crippen molar-refractivity contribution in [2.24, 2.45) is 0 Å². The maximum absolute atomic E-state index is 13.2. The fraction of sp³-hybridized carbons (Fsp3) is 0.304. The predicted molar refractivity (Wildman–Crippen MR) is 115 cm³/mol. The zero-order valence-electron chi connectivity index (χ0n) is 17.4. The molecule has 0 saturated heterocycles. The molecule has 1 amide bonds. The van der Waals surface area contributed by atoms with Crippen molar-refractivity contribution in [2.75, 3.05) is 19.7 Å². The molecule has 1 atom stereocenters. The number of hydrogen-bond donors (Lipinski definition) is 1. The lowest BCUT2D eigenvalue weighted by Crippen LogP contribution is -2.37. The van der Waals surface area contributed by atoms with E-state index in [0.29, 0.717) is 18.5 Å². The highest BCUT2D eigenvalue weighted by atomic mass is 16.6. The number of rotatable bonds is 4. The van der Waals surface area contributed by atoms with Crippen LogP contribution < -0.4 is 0 Å². The Labute approximate surface area is 179 Å². The number of esters is 1. The van der Waals surface area contributed by atoms with Crippen molar-refractivity contribution < 1.29 is 19.2 Å². The van der Waals surface area contributed by atoms with Gasteiger partial charge in [-0.05, 0) is 38.0 Å². The number of nitro groups is 1. The molecule has 1 aliphatic rings. The maximum Gasteiger partial charge on any atom is 0.316 e. The molecule has 1 unspecified atom stereocenters. The molecule has 1 N–H and O–H groups in total. The van der Waals surface area contributed by atoms with Crippen LogP contribution in [0, 0.1) is 17.0 Å². The third-order valence-corrected chi connectivity index (χ3v) is 5.74. The Bertz CT molecular complexity index is 1180. The van der Waals surface area contributed by atoms with Gasteiger partial charge >= 0.3 is 5.97 Å². The summed E-state index contributed by atoms with van der Waals surface area (Å²) in [7, 11) is 0. The summed E-state index contributed by atoms with van der Waals surface area (Å²) in [5, 5.41) is 12.3. The number of amides is 1. The first-order valence-electron chi connectivity index (χ1n) is 10.2. The summed E-state index contributed by atoms with van der Waals surface area (Å²) in [6, 6.07) is 12.3. The normalized spacial score (nSPS) is 15.9. The number of nitrogens with one attached hydrogen (secondary N) is 1. The van der Waals surface area contributed by atoms with Gasteiger partial charge in [0.1, 0.15) is 5.92 Å². The number of H-pyrrole nitrogens is 1. The number of aromatic amines is 1. The summed E-state index contributed by atoms with van der Waals surface area (Å²) in [5.74, 6) is -1.40. The molecule has 2 aromatic carbocycles. The van der Waals surface area contributed by atoms with E-state index in [1.165, 1.54) is 6.07 Å².